The van der Waals surface area contributed by atoms with E-state index in [1.807, 2.05) is 5.48 Å². The summed E-state index contributed by atoms with van der Waals surface area (Å²) in [4.78, 5) is 12.1. The molecule has 0 bridgehead atoms. The molecule has 0 aliphatic carbocycles. The second-order valence-electron chi connectivity index (χ2n) is 7.36. The number of hydrogen-bond acceptors (Lipinski definition) is 6. The molecule has 1 atom stereocenters. The van der Waals surface area contributed by atoms with Gasteiger partial charge in [0.2, 0.25) is 10.0 Å². The van der Waals surface area contributed by atoms with Crippen molar-refractivity contribution >= 4 is 27.4 Å². The van der Waals surface area contributed by atoms with Gasteiger partial charge in [0.25, 0.3) is 0 Å². The van der Waals surface area contributed by atoms with E-state index in [-0.39, 0.29) is 17.0 Å². The fraction of sp³-hybridized carbons (Fsp3) is 0.136. The highest BCUT2D eigenvalue weighted by Crippen LogP contribution is 2.29. The minimum atomic E-state index is -4.53. The summed E-state index contributed by atoms with van der Waals surface area (Å²) >= 11 is 0. The van der Waals surface area contributed by atoms with Gasteiger partial charge in [0.1, 0.15) is 6.17 Å². The molecule has 3 aromatic rings. The fourth-order valence-electron chi connectivity index (χ4n) is 3.01. The molecular formula is C22H22F3N5O4S. The highest BCUT2D eigenvalue weighted by Gasteiger charge is 2.30. The molecule has 0 saturated carbocycles. The summed E-state index contributed by atoms with van der Waals surface area (Å²) in [5, 5.41) is 14.0. The molecule has 0 spiro atoms. The third-order valence-corrected chi connectivity index (χ3v) is 6.20. The van der Waals surface area contributed by atoms with Crippen molar-refractivity contribution in [1.82, 2.24) is 10.2 Å². The molecule has 13 heteroatoms. The Balaban J connectivity index is 1.60. The second-order valence-corrected chi connectivity index (χ2v) is 9.13. The Bertz CT molecular complexity index is 1280. The summed E-state index contributed by atoms with van der Waals surface area (Å²) in [5.41, 5.74) is 8.06. The lowest BCUT2D eigenvalue weighted by Crippen LogP contribution is -2.25. The Morgan fingerprint density at radius 1 is 0.943 bits per heavy atom. The third-order valence-electron chi connectivity index (χ3n) is 4.79. The van der Waals surface area contributed by atoms with Gasteiger partial charge in [-0.3, -0.25) is 0 Å². The number of urea groups is 1. The molecule has 35 heavy (non-hydrogen) atoms. The zero-order valence-corrected chi connectivity index (χ0v) is 18.8. The van der Waals surface area contributed by atoms with Gasteiger partial charge in [-0.1, -0.05) is 30.3 Å². The number of halogens is 3. The Kier molecular flexibility index (Phi) is 8.09. The molecule has 3 rings (SSSR count). The summed E-state index contributed by atoms with van der Waals surface area (Å²) in [6, 6.07) is 15.4. The normalized spacial score (nSPS) is 12.7. The number of amides is 2. The van der Waals surface area contributed by atoms with Gasteiger partial charge in [0.05, 0.1) is 10.5 Å². The Morgan fingerprint density at radius 3 is 2.26 bits per heavy atom. The monoisotopic (exact) mass is 509 g/mol. The van der Waals surface area contributed by atoms with Crippen LogP contribution in [0.15, 0.2) is 77.7 Å². The Morgan fingerprint density at radius 2 is 1.60 bits per heavy atom. The molecule has 186 valence electrons. The van der Waals surface area contributed by atoms with Crippen LogP contribution in [-0.2, 0) is 22.7 Å². The number of sulfonamides is 1. The van der Waals surface area contributed by atoms with Crippen molar-refractivity contribution in [2.45, 2.75) is 23.8 Å². The number of rotatable bonds is 8. The van der Waals surface area contributed by atoms with E-state index in [4.69, 9.17) is 10.9 Å². The predicted octanol–water partition coefficient (Wildman–Crippen LogP) is 3.76. The van der Waals surface area contributed by atoms with Crippen LogP contribution < -0.4 is 26.6 Å². The standard InChI is InChI=1S/C22H22F3N5O4S/c23-22(24,25)16-5-1-3-14(11-16)13-27-35(33,34)19-9-7-17(8-10-19)28-21(31)29-18-6-2-4-15(12-18)20(26)30-32/h1-12,20,27,30,32H,13,26H2,(H2,28,29,31). The largest absolute Gasteiger partial charge is 0.416 e. The number of carbonyl (C=O) groups is 1. The van der Waals surface area contributed by atoms with Crippen LogP contribution in [0.1, 0.15) is 22.9 Å². The highest BCUT2D eigenvalue weighted by molar-refractivity contribution is 7.89. The van der Waals surface area contributed by atoms with Gasteiger partial charge in [0.15, 0.2) is 0 Å². The predicted molar refractivity (Wildman–Crippen MR) is 123 cm³/mol. The van der Waals surface area contributed by atoms with Gasteiger partial charge < -0.3 is 21.6 Å². The van der Waals surface area contributed by atoms with Gasteiger partial charge in [0, 0.05) is 17.9 Å². The van der Waals surface area contributed by atoms with Crippen molar-refractivity contribution in [3.63, 3.8) is 0 Å². The summed E-state index contributed by atoms with van der Waals surface area (Å²) in [6.45, 7) is -0.330. The number of nitrogens with one attached hydrogen (secondary N) is 4. The molecule has 0 aliphatic rings. The smallest absolute Gasteiger partial charge is 0.315 e. The molecule has 9 nitrogen and oxygen atoms in total. The third kappa shape index (κ3) is 7.24. The topological polar surface area (TPSA) is 146 Å². The molecule has 0 saturated heterocycles. The SMILES string of the molecule is NC(NO)c1cccc(NC(=O)Nc2ccc(S(=O)(=O)NCc3cccc(C(F)(F)F)c3)cc2)c1. The van der Waals surface area contributed by atoms with Gasteiger partial charge in [-0.15, -0.1) is 0 Å². The first-order chi connectivity index (χ1) is 16.5. The van der Waals surface area contributed by atoms with E-state index in [1.54, 1.807) is 24.3 Å². The van der Waals surface area contributed by atoms with Crippen LogP contribution in [0.2, 0.25) is 0 Å². The zero-order valence-electron chi connectivity index (χ0n) is 18.0. The van der Waals surface area contributed by atoms with Gasteiger partial charge in [-0.25, -0.2) is 17.9 Å². The lowest BCUT2D eigenvalue weighted by atomic mass is 10.1. The summed E-state index contributed by atoms with van der Waals surface area (Å²) in [7, 11) is -4.01. The number of alkyl halides is 3. The fourth-order valence-corrected chi connectivity index (χ4v) is 4.03. The van der Waals surface area contributed by atoms with E-state index < -0.39 is 34.0 Å². The maximum atomic E-state index is 12.8. The minimum absolute atomic E-state index is 0.131. The van der Waals surface area contributed by atoms with Crippen molar-refractivity contribution in [2.75, 3.05) is 10.6 Å². The first-order valence-electron chi connectivity index (χ1n) is 10.1. The molecular weight excluding hydrogens is 487 g/mol. The van der Waals surface area contributed by atoms with Crippen molar-refractivity contribution in [3.8, 4) is 0 Å². The van der Waals surface area contributed by atoms with Crippen LogP contribution in [-0.4, -0.2) is 19.7 Å². The molecule has 0 radical (unpaired) electrons. The van der Waals surface area contributed by atoms with Crippen molar-refractivity contribution in [2.24, 2.45) is 5.73 Å². The van der Waals surface area contributed by atoms with Gasteiger partial charge in [-0.05, 0) is 53.6 Å². The van der Waals surface area contributed by atoms with E-state index in [0.717, 1.165) is 12.1 Å². The molecule has 1 unspecified atom stereocenters. The number of anilines is 2. The van der Waals surface area contributed by atoms with Crippen LogP contribution >= 0.6 is 0 Å². The number of hydroxylamine groups is 1. The summed E-state index contributed by atoms with van der Waals surface area (Å²) in [6.07, 6.45) is -5.37. The number of nitrogens with two attached hydrogens (primary N) is 1. The molecule has 3 aromatic carbocycles. The molecule has 2 amide bonds. The van der Waals surface area contributed by atoms with Gasteiger partial charge >= 0.3 is 12.2 Å². The maximum absolute atomic E-state index is 12.8. The Hall–Kier alpha value is -3.49. The average molecular weight is 510 g/mol. The first-order valence-corrected chi connectivity index (χ1v) is 11.6. The lowest BCUT2D eigenvalue weighted by molar-refractivity contribution is -0.137. The van der Waals surface area contributed by atoms with Crippen molar-refractivity contribution < 1.29 is 31.6 Å². The average Bonchev–Trinajstić information content (AvgIpc) is 2.82. The lowest BCUT2D eigenvalue weighted by Gasteiger charge is -2.13. The van der Waals surface area contributed by atoms with Crippen LogP contribution in [0.5, 0.6) is 0 Å². The molecule has 0 aromatic heterocycles. The number of hydrogen-bond donors (Lipinski definition) is 6. The van der Waals surface area contributed by atoms with E-state index in [9.17, 15) is 26.4 Å². The second kappa shape index (κ2) is 10.8. The first kappa shape index (κ1) is 26.1. The molecule has 0 aliphatic heterocycles. The van der Waals surface area contributed by atoms with Crippen LogP contribution in [0.25, 0.3) is 0 Å². The highest BCUT2D eigenvalue weighted by atomic mass is 32.2. The maximum Gasteiger partial charge on any atom is 0.416 e. The number of benzene rings is 3. The number of carbonyl (C=O) groups excluding carboxylic acids is 1. The van der Waals surface area contributed by atoms with Crippen LogP contribution in [0.4, 0.5) is 29.3 Å². The van der Waals surface area contributed by atoms with Crippen molar-refractivity contribution in [3.05, 3.63) is 89.5 Å². The van der Waals surface area contributed by atoms with E-state index in [0.29, 0.717) is 16.9 Å². The molecule has 0 heterocycles. The quantitative estimate of drug-likeness (QED) is 0.201. The van der Waals surface area contributed by atoms with Crippen LogP contribution in [0, 0.1) is 0 Å². The minimum Gasteiger partial charge on any atom is -0.315 e. The molecule has 0 fully saturated rings. The van der Waals surface area contributed by atoms with E-state index in [2.05, 4.69) is 15.4 Å². The zero-order chi connectivity index (χ0) is 25.6. The van der Waals surface area contributed by atoms with E-state index >= 15 is 0 Å². The van der Waals surface area contributed by atoms with Gasteiger partial charge in [-0.2, -0.15) is 18.7 Å². The van der Waals surface area contributed by atoms with E-state index in [1.165, 1.54) is 36.4 Å². The summed E-state index contributed by atoms with van der Waals surface area (Å²) < 4.78 is 65.8. The summed E-state index contributed by atoms with van der Waals surface area (Å²) in [5.74, 6) is 0. The van der Waals surface area contributed by atoms with Crippen LogP contribution in [0.3, 0.4) is 0 Å². The Labute approximate surface area is 199 Å². The van der Waals surface area contributed by atoms with Crippen molar-refractivity contribution in [1.29, 1.82) is 0 Å². The molecule has 7 N–H and O–H groups in total.